The molecule has 0 spiro atoms. The molecule has 2 aliphatic rings. The number of rotatable bonds is 3. The maximum atomic E-state index is 11.2. The van der Waals surface area contributed by atoms with E-state index in [4.69, 9.17) is 5.11 Å². The summed E-state index contributed by atoms with van der Waals surface area (Å²) in [5.41, 5.74) is 0. The van der Waals surface area contributed by atoms with Gasteiger partial charge in [-0.3, -0.25) is 9.00 Å². The van der Waals surface area contributed by atoms with Gasteiger partial charge in [-0.25, -0.2) is 0 Å². The molecule has 98 valence electrons. The fraction of sp³-hybridized carbons (Fsp3) is 0.917. The third-order valence-corrected chi connectivity index (χ3v) is 5.26. The number of carbonyl (C=O) groups is 1. The average molecular weight is 259 g/mol. The fourth-order valence-electron chi connectivity index (χ4n) is 2.86. The van der Waals surface area contributed by atoms with Crippen molar-refractivity contribution in [2.24, 2.45) is 5.92 Å². The van der Waals surface area contributed by atoms with Gasteiger partial charge in [0.05, 0.1) is 5.92 Å². The molecule has 4 nitrogen and oxygen atoms in total. The SMILES string of the molecule is O=C(O)C1CCCC(NC2CCS(=O)CC2)C1. The van der Waals surface area contributed by atoms with Crippen LogP contribution in [0.2, 0.25) is 0 Å². The Bertz CT molecular complexity index is 298. The Hall–Kier alpha value is -0.420. The molecule has 1 saturated heterocycles. The Balaban J connectivity index is 1.78. The minimum absolute atomic E-state index is 0.168. The third-order valence-electron chi connectivity index (χ3n) is 3.88. The Labute approximate surface area is 105 Å². The van der Waals surface area contributed by atoms with Gasteiger partial charge in [-0.05, 0) is 32.1 Å². The van der Waals surface area contributed by atoms with Gasteiger partial charge >= 0.3 is 5.97 Å². The van der Waals surface area contributed by atoms with Gasteiger partial charge in [0.15, 0.2) is 0 Å². The summed E-state index contributed by atoms with van der Waals surface area (Å²) in [7, 11) is -0.616. The highest BCUT2D eigenvalue weighted by atomic mass is 32.2. The molecule has 2 fully saturated rings. The number of carboxylic acid groups (broad SMARTS) is 1. The molecule has 1 aliphatic heterocycles. The summed E-state index contributed by atoms with van der Waals surface area (Å²) >= 11 is 0. The molecule has 1 aliphatic carbocycles. The van der Waals surface area contributed by atoms with Crippen molar-refractivity contribution in [2.45, 2.75) is 50.6 Å². The number of aliphatic carboxylic acids is 1. The number of hydrogen-bond donors (Lipinski definition) is 2. The van der Waals surface area contributed by atoms with Gasteiger partial charge in [-0.15, -0.1) is 0 Å². The second-order valence-electron chi connectivity index (χ2n) is 5.19. The molecule has 1 saturated carbocycles. The molecule has 0 aromatic rings. The summed E-state index contributed by atoms with van der Waals surface area (Å²) in [4.78, 5) is 11.0. The maximum absolute atomic E-state index is 11.2. The van der Waals surface area contributed by atoms with Crippen LogP contribution in [0.15, 0.2) is 0 Å². The van der Waals surface area contributed by atoms with Crippen molar-refractivity contribution in [3.8, 4) is 0 Å². The Morgan fingerprint density at radius 2 is 1.82 bits per heavy atom. The van der Waals surface area contributed by atoms with Crippen LogP contribution < -0.4 is 5.32 Å². The molecular formula is C12H21NO3S. The van der Waals surface area contributed by atoms with Crippen molar-refractivity contribution in [1.82, 2.24) is 5.32 Å². The van der Waals surface area contributed by atoms with Crippen molar-refractivity contribution in [3.05, 3.63) is 0 Å². The van der Waals surface area contributed by atoms with Crippen LogP contribution in [0, 0.1) is 5.92 Å². The van der Waals surface area contributed by atoms with Gasteiger partial charge < -0.3 is 10.4 Å². The highest BCUT2D eigenvalue weighted by Gasteiger charge is 2.29. The van der Waals surface area contributed by atoms with Crippen molar-refractivity contribution in [2.75, 3.05) is 11.5 Å². The lowest BCUT2D eigenvalue weighted by atomic mass is 9.85. The predicted octanol–water partition coefficient (Wildman–Crippen LogP) is 1.13. The zero-order chi connectivity index (χ0) is 12.3. The van der Waals surface area contributed by atoms with Crippen LogP contribution in [0.25, 0.3) is 0 Å². The van der Waals surface area contributed by atoms with Crippen molar-refractivity contribution in [1.29, 1.82) is 0 Å². The number of hydrogen-bond acceptors (Lipinski definition) is 3. The van der Waals surface area contributed by atoms with Crippen molar-refractivity contribution >= 4 is 16.8 Å². The smallest absolute Gasteiger partial charge is 0.306 e. The van der Waals surface area contributed by atoms with E-state index in [0.29, 0.717) is 12.1 Å². The van der Waals surface area contributed by atoms with Crippen LogP contribution in [0.4, 0.5) is 0 Å². The Morgan fingerprint density at radius 3 is 2.47 bits per heavy atom. The van der Waals surface area contributed by atoms with E-state index in [1.807, 2.05) is 0 Å². The van der Waals surface area contributed by atoms with Gasteiger partial charge in [-0.1, -0.05) is 6.42 Å². The lowest BCUT2D eigenvalue weighted by molar-refractivity contribution is -0.143. The first kappa shape index (κ1) is 13.0. The molecule has 2 rings (SSSR count). The normalized spacial score (nSPS) is 38.8. The highest BCUT2D eigenvalue weighted by molar-refractivity contribution is 7.85. The largest absolute Gasteiger partial charge is 0.481 e. The van der Waals surface area contributed by atoms with E-state index in [-0.39, 0.29) is 5.92 Å². The standard InChI is InChI=1S/C12H21NO3S/c14-12(15)9-2-1-3-11(8-9)13-10-4-6-17(16)7-5-10/h9-11,13H,1-8H2,(H,14,15). The number of carboxylic acids is 1. The minimum Gasteiger partial charge on any atom is -0.481 e. The lowest BCUT2D eigenvalue weighted by Gasteiger charge is -2.32. The molecule has 0 amide bonds. The van der Waals surface area contributed by atoms with Crippen LogP contribution in [-0.2, 0) is 15.6 Å². The summed E-state index contributed by atoms with van der Waals surface area (Å²) in [6, 6.07) is 0.798. The second kappa shape index (κ2) is 5.96. The summed E-state index contributed by atoms with van der Waals surface area (Å²) in [6.07, 6.45) is 5.62. The van der Waals surface area contributed by atoms with E-state index in [1.54, 1.807) is 0 Å². The van der Waals surface area contributed by atoms with Gasteiger partial charge in [0.2, 0.25) is 0 Å². The molecule has 2 unspecified atom stereocenters. The molecule has 0 aromatic heterocycles. The topological polar surface area (TPSA) is 66.4 Å². The first-order chi connectivity index (χ1) is 8.15. The van der Waals surface area contributed by atoms with Crippen molar-refractivity contribution in [3.63, 3.8) is 0 Å². The van der Waals surface area contributed by atoms with E-state index in [1.165, 1.54) is 0 Å². The van der Waals surface area contributed by atoms with Crippen LogP contribution in [0.3, 0.4) is 0 Å². The third kappa shape index (κ3) is 3.78. The summed E-state index contributed by atoms with van der Waals surface area (Å²) < 4.78 is 11.2. The molecule has 0 aromatic carbocycles. The Morgan fingerprint density at radius 1 is 1.12 bits per heavy atom. The van der Waals surface area contributed by atoms with Crippen LogP contribution in [0.5, 0.6) is 0 Å². The van der Waals surface area contributed by atoms with Crippen molar-refractivity contribution < 1.29 is 14.1 Å². The molecule has 1 heterocycles. The van der Waals surface area contributed by atoms with E-state index in [0.717, 1.165) is 50.0 Å². The van der Waals surface area contributed by atoms with Crippen LogP contribution in [-0.4, -0.2) is 38.9 Å². The molecule has 17 heavy (non-hydrogen) atoms. The lowest BCUT2D eigenvalue weighted by Crippen LogP contribution is -2.44. The zero-order valence-corrected chi connectivity index (χ0v) is 10.9. The van der Waals surface area contributed by atoms with Crippen LogP contribution in [0.1, 0.15) is 38.5 Å². The quantitative estimate of drug-likeness (QED) is 0.797. The molecule has 0 radical (unpaired) electrons. The van der Waals surface area contributed by atoms with Gasteiger partial charge in [0, 0.05) is 34.4 Å². The maximum Gasteiger partial charge on any atom is 0.306 e. The van der Waals surface area contributed by atoms with Gasteiger partial charge in [0.1, 0.15) is 0 Å². The van der Waals surface area contributed by atoms with Gasteiger partial charge in [0.25, 0.3) is 0 Å². The highest BCUT2D eigenvalue weighted by Crippen LogP contribution is 2.25. The van der Waals surface area contributed by atoms with E-state index >= 15 is 0 Å². The summed E-state index contributed by atoms with van der Waals surface area (Å²) in [5.74, 6) is 0.777. The van der Waals surface area contributed by atoms with Crippen LogP contribution >= 0.6 is 0 Å². The first-order valence-electron chi connectivity index (χ1n) is 6.49. The van der Waals surface area contributed by atoms with Gasteiger partial charge in [-0.2, -0.15) is 0 Å². The zero-order valence-electron chi connectivity index (χ0n) is 10.1. The molecule has 2 N–H and O–H groups in total. The molecule has 0 bridgehead atoms. The number of nitrogens with one attached hydrogen (secondary N) is 1. The first-order valence-corrected chi connectivity index (χ1v) is 7.98. The minimum atomic E-state index is -0.652. The summed E-state index contributed by atoms with van der Waals surface area (Å²) in [6.45, 7) is 0. The Kier molecular flexibility index (Phi) is 4.56. The monoisotopic (exact) mass is 259 g/mol. The molecular weight excluding hydrogens is 238 g/mol. The average Bonchev–Trinajstić information content (AvgIpc) is 2.32. The van der Waals surface area contributed by atoms with E-state index < -0.39 is 16.8 Å². The summed E-state index contributed by atoms with van der Waals surface area (Å²) in [5, 5.41) is 12.6. The van der Waals surface area contributed by atoms with E-state index in [9.17, 15) is 9.00 Å². The molecule has 2 atom stereocenters. The predicted molar refractivity (Wildman–Crippen MR) is 67.4 cm³/mol. The second-order valence-corrected chi connectivity index (χ2v) is 6.88. The van der Waals surface area contributed by atoms with E-state index in [2.05, 4.69) is 5.32 Å². The molecule has 5 heteroatoms. The fourth-order valence-corrected chi connectivity index (χ4v) is 4.16.